The van der Waals surface area contributed by atoms with E-state index in [1.165, 1.54) is 16.9 Å². The smallest absolute Gasteiger partial charge is 0.349 e. The van der Waals surface area contributed by atoms with Crippen LogP contribution < -0.4 is 0 Å². The first-order chi connectivity index (χ1) is 11.2. The van der Waals surface area contributed by atoms with E-state index in [0.29, 0.717) is 23.1 Å². The fourth-order valence-corrected chi connectivity index (χ4v) is 2.92. The third-order valence-corrected chi connectivity index (χ3v) is 4.25. The molecule has 0 radical (unpaired) electrons. The lowest BCUT2D eigenvalue weighted by Gasteiger charge is -2.04. The van der Waals surface area contributed by atoms with Gasteiger partial charge in [-0.3, -0.25) is 0 Å². The van der Waals surface area contributed by atoms with E-state index in [-0.39, 0.29) is 12.6 Å². The summed E-state index contributed by atoms with van der Waals surface area (Å²) < 4.78 is 10.6. The van der Waals surface area contributed by atoms with Gasteiger partial charge >= 0.3 is 5.97 Å². The fourth-order valence-electron chi connectivity index (χ4n) is 2.11. The monoisotopic (exact) mass is 328 g/mol. The molecule has 5 nitrogen and oxygen atoms in total. The van der Waals surface area contributed by atoms with Crippen molar-refractivity contribution in [1.29, 1.82) is 0 Å². The molecule has 0 saturated carbocycles. The van der Waals surface area contributed by atoms with Crippen LogP contribution >= 0.6 is 11.3 Å². The summed E-state index contributed by atoms with van der Waals surface area (Å²) in [5, 5.41) is 9.57. The average molecular weight is 328 g/mol. The molecule has 0 aliphatic rings. The van der Waals surface area contributed by atoms with Crippen molar-refractivity contribution in [3.05, 3.63) is 57.9 Å². The predicted octanol–water partition coefficient (Wildman–Crippen LogP) is 4.03. The Bertz CT molecular complexity index is 805. The van der Waals surface area contributed by atoms with Gasteiger partial charge in [0.15, 0.2) is 6.61 Å². The molecule has 0 bridgehead atoms. The van der Waals surface area contributed by atoms with Crippen LogP contribution in [-0.2, 0) is 17.8 Å². The van der Waals surface area contributed by atoms with Crippen molar-refractivity contribution in [2.45, 2.75) is 26.9 Å². The molecule has 2 heterocycles. The van der Waals surface area contributed by atoms with Crippen LogP contribution in [0, 0.1) is 6.92 Å². The molecule has 0 atom stereocenters. The third-order valence-electron chi connectivity index (χ3n) is 3.35. The largest absolute Gasteiger partial charge is 0.451 e. The number of nitrogens with zero attached hydrogens (tertiary/aromatic N) is 2. The van der Waals surface area contributed by atoms with E-state index < -0.39 is 0 Å². The fraction of sp³-hybridized carbons (Fsp3) is 0.235. The van der Waals surface area contributed by atoms with Crippen molar-refractivity contribution < 1.29 is 13.9 Å². The van der Waals surface area contributed by atoms with Gasteiger partial charge < -0.3 is 9.15 Å². The van der Waals surface area contributed by atoms with E-state index in [1.54, 1.807) is 0 Å². The zero-order valence-corrected chi connectivity index (χ0v) is 13.7. The lowest BCUT2D eigenvalue weighted by atomic mass is 10.1. The molecule has 2 aromatic heterocycles. The number of esters is 1. The maximum atomic E-state index is 12.3. The predicted molar refractivity (Wildman–Crippen MR) is 87.3 cm³/mol. The van der Waals surface area contributed by atoms with E-state index in [0.717, 1.165) is 11.1 Å². The SMILES string of the molecule is CCc1nnc(COC(=O)c2sccc2-c2ccc(C)cc2)o1. The van der Waals surface area contributed by atoms with Gasteiger partial charge in [-0.2, -0.15) is 0 Å². The molecule has 0 amide bonds. The summed E-state index contributed by atoms with van der Waals surface area (Å²) in [6, 6.07) is 9.97. The summed E-state index contributed by atoms with van der Waals surface area (Å²) in [4.78, 5) is 12.9. The van der Waals surface area contributed by atoms with Crippen LogP contribution in [0.2, 0.25) is 0 Å². The maximum absolute atomic E-state index is 12.3. The molecule has 23 heavy (non-hydrogen) atoms. The van der Waals surface area contributed by atoms with Crippen LogP contribution in [-0.4, -0.2) is 16.2 Å². The lowest BCUT2D eigenvalue weighted by Crippen LogP contribution is -2.04. The first-order valence-electron chi connectivity index (χ1n) is 7.30. The molecule has 0 aliphatic carbocycles. The molecule has 0 saturated heterocycles. The quantitative estimate of drug-likeness (QED) is 0.662. The molecule has 3 aromatic rings. The van der Waals surface area contributed by atoms with Gasteiger partial charge in [0.2, 0.25) is 5.89 Å². The van der Waals surface area contributed by atoms with Crippen LogP contribution in [0.4, 0.5) is 0 Å². The molecule has 0 unspecified atom stereocenters. The summed E-state index contributed by atoms with van der Waals surface area (Å²) in [5.41, 5.74) is 3.05. The van der Waals surface area contributed by atoms with Gasteiger partial charge in [0, 0.05) is 12.0 Å². The molecule has 1 aromatic carbocycles. The number of rotatable bonds is 5. The van der Waals surface area contributed by atoms with E-state index in [9.17, 15) is 4.79 Å². The van der Waals surface area contributed by atoms with Crippen molar-refractivity contribution >= 4 is 17.3 Å². The zero-order chi connectivity index (χ0) is 16.2. The lowest BCUT2D eigenvalue weighted by molar-refractivity contribution is 0.0443. The third kappa shape index (κ3) is 3.48. The molecular formula is C17H16N2O3S. The molecule has 3 rings (SSSR count). The van der Waals surface area contributed by atoms with Gasteiger partial charge in [0.05, 0.1) is 0 Å². The molecule has 0 fully saturated rings. The van der Waals surface area contributed by atoms with Crippen molar-refractivity contribution in [2.24, 2.45) is 0 Å². The van der Waals surface area contributed by atoms with Crippen LogP contribution in [0.3, 0.4) is 0 Å². The Balaban J connectivity index is 1.73. The zero-order valence-electron chi connectivity index (χ0n) is 12.9. The number of carbonyl (C=O) groups excluding carboxylic acids is 1. The van der Waals surface area contributed by atoms with Crippen LogP contribution in [0.15, 0.2) is 40.1 Å². The number of hydrogen-bond donors (Lipinski definition) is 0. The number of carbonyl (C=O) groups is 1. The van der Waals surface area contributed by atoms with E-state index >= 15 is 0 Å². The summed E-state index contributed by atoms with van der Waals surface area (Å²) in [6.45, 7) is 3.93. The summed E-state index contributed by atoms with van der Waals surface area (Å²) >= 11 is 1.36. The van der Waals surface area contributed by atoms with Crippen LogP contribution in [0.25, 0.3) is 11.1 Å². The number of thiophene rings is 1. The van der Waals surface area contributed by atoms with E-state index in [4.69, 9.17) is 9.15 Å². The Labute approximate surface area is 137 Å². The number of hydrogen-bond acceptors (Lipinski definition) is 6. The maximum Gasteiger partial charge on any atom is 0.349 e. The minimum Gasteiger partial charge on any atom is -0.451 e. The molecule has 0 aliphatic heterocycles. The topological polar surface area (TPSA) is 65.2 Å². The second-order valence-corrected chi connectivity index (χ2v) is 5.96. The van der Waals surface area contributed by atoms with Gasteiger partial charge in [-0.05, 0) is 23.9 Å². The van der Waals surface area contributed by atoms with E-state index in [2.05, 4.69) is 10.2 Å². The van der Waals surface area contributed by atoms with Gasteiger partial charge in [-0.1, -0.05) is 36.8 Å². The second kappa shape index (κ2) is 6.75. The van der Waals surface area contributed by atoms with Gasteiger partial charge in [-0.15, -0.1) is 21.5 Å². The Morgan fingerprint density at radius 1 is 1.17 bits per heavy atom. The highest BCUT2D eigenvalue weighted by molar-refractivity contribution is 7.12. The number of benzene rings is 1. The number of aryl methyl sites for hydroxylation is 2. The van der Waals surface area contributed by atoms with Crippen LogP contribution in [0.5, 0.6) is 0 Å². The standard InChI is InChI=1S/C17H16N2O3S/c1-3-14-18-19-15(22-14)10-21-17(20)16-13(8-9-23-16)12-6-4-11(2)5-7-12/h4-9H,3,10H2,1-2H3. The Morgan fingerprint density at radius 3 is 2.61 bits per heavy atom. The number of aromatic nitrogens is 2. The highest BCUT2D eigenvalue weighted by atomic mass is 32.1. The van der Waals surface area contributed by atoms with Crippen molar-refractivity contribution in [3.63, 3.8) is 0 Å². The van der Waals surface area contributed by atoms with Crippen molar-refractivity contribution in [2.75, 3.05) is 0 Å². The average Bonchev–Trinajstić information content (AvgIpc) is 3.22. The summed E-state index contributed by atoms with van der Waals surface area (Å²) in [6.07, 6.45) is 0.656. The first-order valence-corrected chi connectivity index (χ1v) is 8.18. The summed E-state index contributed by atoms with van der Waals surface area (Å²) in [7, 11) is 0. The minimum atomic E-state index is -0.383. The highest BCUT2D eigenvalue weighted by Gasteiger charge is 2.17. The van der Waals surface area contributed by atoms with Crippen LogP contribution in [0.1, 0.15) is 33.9 Å². The highest BCUT2D eigenvalue weighted by Crippen LogP contribution is 2.29. The first kappa shape index (κ1) is 15.4. The molecule has 0 spiro atoms. The minimum absolute atomic E-state index is 0.0168. The van der Waals surface area contributed by atoms with Crippen molar-refractivity contribution in [3.8, 4) is 11.1 Å². The number of ether oxygens (including phenoxy) is 1. The van der Waals surface area contributed by atoms with Gasteiger partial charge in [-0.25, -0.2) is 4.79 Å². The second-order valence-electron chi connectivity index (χ2n) is 5.05. The van der Waals surface area contributed by atoms with Gasteiger partial charge in [0.1, 0.15) is 4.88 Å². The Hall–Kier alpha value is -2.47. The Morgan fingerprint density at radius 2 is 1.91 bits per heavy atom. The molecule has 6 heteroatoms. The summed E-state index contributed by atoms with van der Waals surface area (Å²) in [5.74, 6) is 0.461. The molecule has 0 N–H and O–H groups in total. The van der Waals surface area contributed by atoms with Gasteiger partial charge in [0.25, 0.3) is 5.89 Å². The normalized spacial score (nSPS) is 10.7. The van der Waals surface area contributed by atoms with E-state index in [1.807, 2.05) is 49.6 Å². The molecular weight excluding hydrogens is 312 g/mol. The molecule has 118 valence electrons. The Kier molecular flexibility index (Phi) is 4.52. The van der Waals surface area contributed by atoms with Crippen molar-refractivity contribution in [1.82, 2.24) is 10.2 Å².